The molecular formula is C16H25BClNO2. The summed E-state index contributed by atoms with van der Waals surface area (Å²) in [6.07, 6.45) is 2.82. The van der Waals surface area contributed by atoms with Crippen LogP contribution in [0.3, 0.4) is 0 Å². The Kier molecular flexibility index (Phi) is 5.04. The fourth-order valence-electron chi connectivity index (χ4n) is 2.43. The molecule has 1 heterocycles. The topological polar surface area (TPSA) is 44.5 Å². The highest BCUT2D eigenvalue weighted by atomic mass is 35.5. The monoisotopic (exact) mass is 309 g/mol. The molecule has 2 rings (SSSR count). The lowest BCUT2D eigenvalue weighted by atomic mass is 9.76. The Morgan fingerprint density at radius 2 is 1.81 bits per heavy atom. The van der Waals surface area contributed by atoms with Gasteiger partial charge in [-0.05, 0) is 64.7 Å². The van der Waals surface area contributed by atoms with Gasteiger partial charge in [-0.15, -0.1) is 0 Å². The Balaban J connectivity index is 1.82. The first kappa shape index (κ1) is 16.8. The lowest BCUT2D eigenvalue weighted by molar-refractivity contribution is 0.00578. The van der Waals surface area contributed by atoms with Crippen LogP contribution in [0.25, 0.3) is 0 Å². The quantitative estimate of drug-likeness (QED) is 0.845. The third-order valence-corrected chi connectivity index (χ3v) is 4.75. The molecule has 3 nitrogen and oxygen atoms in total. The number of halogens is 1. The van der Waals surface area contributed by atoms with E-state index in [1.54, 1.807) is 0 Å². The maximum absolute atomic E-state index is 6.24. The summed E-state index contributed by atoms with van der Waals surface area (Å²) in [6.45, 7) is 8.19. The first-order chi connectivity index (χ1) is 9.71. The van der Waals surface area contributed by atoms with Gasteiger partial charge in [0.15, 0.2) is 0 Å². The molecule has 0 amide bonds. The molecule has 116 valence electrons. The Bertz CT molecular complexity index is 477. The van der Waals surface area contributed by atoms with E-state index in [1.165, 1.54) is 5.56 Å². The van der Waals surface area contributed by atoms with Crippen molar-refractivity contribution in [2.24, 2.45) is 5.73 Å². The minimum Gasteiger partial charge on any atom is -0.402 e. The van der Waals surface area contributed by atoms with Crippen LogP contribution < -0.4 is 5.73 Å². The van der Waals surface area contributed by atoms with E-state index in [2.05, 4.69) is 6.07 Å². The second kappa shape index (κ2) is 6.29. The van der Waals surface area contributed by atoms with Crippen LogP contribution in [0.4, 0.5) is 0 Å². The van der Waals surface area contributed by atoms with Crippen LogP contribution in [-0.2, 0) is 15.7 Å². The molecule has 1 fully saturated rings. The maximum atomic E-state index is 6.24. The number of hydrogen-bond acceptors (Lipinski definition) is 3. The minimum absolute atomic E-state index is 0.106. The van der Waals surface area contributed by atoms with Gasteiger partial charge >= 0.3 is 7.12 Å². The van der Waals surface area contributed by atoms with Gasteiger partial charge in [0.05, 0.1) is 11.2 Å². The zero-order chi connectivity index (χ0) is 15.7. The highest BCUT2D eigenvalue weighted by Gasteiger charge is 2.52. The van der Waals surface area contributed by atoms with Gasteiger partial charge < -0.3 is 15.0 Å². The molecule has 1 aliphatic heterocycles. The van der Waals surface area contributed by atoms with Gasteiger partial charge in [0.1, 0.15) is 0 Å². The highest BCUT2D eigenvalue weighted by molar-refractivity contribution is 6.47. The van der Waals surface area contributed by atoms with Crippen molar-refractivity contribution in [2.75, 3.05) is 0 Å². The van der Waals surface area contributed by atoms with Crippen molar-refractivity contribution < 1.29 is 9.31 Å². The summed E-state index contributed by atoms with van der Waals surface area (Å²) in [5.41, 5.74) is 6.84. The summed E-state index contributed by atoms with van der Waals surface area (Å²) in [5.74, 6) is -0.106. The van der Waals surface area contributed by atoms with Gasteiger partial charge in [-0.25, -0.2) is 0 Å². The molecule has 1 aromatic rings. The third-order valence-electron chi connectivity index (χ3n) is 4.51. The summed E-state index contributed by atoms with van der Waals surface area (Å²) in [7, 11) is -0.325. The Labute approximate surface area is 133 Å². The Morgan fingerprint density at radius 3 is 2.38 bits per heavy atom. The maximum Gasteiger partial charge on any atom is 0.475 e. The normalized spacial score (nSPS) is 21.5. The molecule has 0 radical (unpaired) electrons. The molecule has 1 saturated heterocycles. The van der Waals surface area contributed by atoms with Crippen LogP contribution in [0.15, 0.2) is 24.3 Å². The van der Waals surface area contributed by atoms with Gasteiger partial charge in [-0.3, -0.25) is 0 Å². The summed E-state index contributed by atoms with van der Waals surface area (Å²) in [4.78, 5) is 0. The number of hydrogen-bond donors (Lipinski definition) is 1. The largest absolute Gasteiger partial charge is 0.475 e. The molecule has 1 aromatic carbocycles. The second-order valence-electron chi connectivity index (χ2n) is 6.81. The van der Waals surface area contributed by atoms with Crippen molar-refractivity contribution in [1.29, 1.82) is 0 Å². The van der Waals surface area contributed by atoms with Crippen LogP contribution in [0.2, 0.25) is 5.02 Å². The summed E-state index contributed by atoms with van der Waals surface area (Å²) < 4.78 is 12.0. The summed E-state index contributed by atoms with van der Waals surface area (Å²) in [6, 6.07) is 7.96. The number of nitrogens with two attached hydrogens (primary N) is 1. The van der Waals surface area contributed by atoms with E-state index in [0.717, 1.165) is 24.3 Å². The molecule has 0 aliphatic carbocycles. The van der Waals surface area contributed by atoms with E-state index in [4.69, 9.17) is 26.6 Å². The number of rotatable bonds is 5. The van der Waals surface area contributed by atoms with Crippen LogP contribution in [0.5, 0.6) is 0 Å². The number of benzene rings is 1. The standard InChI is InChI=1S/C16H25BClNO2/c1-15(2)16(3,4)21-17(20-15)14(19)10-6-8-12-7-5-9-13(18)11-12/h5,7,9,11,14H,6,8,10,19H2,1-4H3/t14-/m0/s1. The molecule has 0 spiro atoms. The van der Waals surface area contributed by atoms with E-state index < -0.39 is 0 Å². The smallest absolute Gasteiger partial charge is 0.402 e. The fourth-order valence-corrected chi connectivity index (χ4v) is 2.65. The van der Waals surface area contributed by atoms with Gasteiger partial charge in [-0.1, -0.05) is 23.7 Å². The molecule has 2 N–H and O–H groups in total. The van der Waals surface area contributed by atoms with Gasteiger partial charge in [0.2, 0.25) is 0 Å². The first-order valence-electron chi connectivity index (χ1n) is 7.57. The fraction of sp³-hybridized carbons (Fsp3) is 0.625. The average molecular weight is 310 g/mol. The van der Waals surface area contributed by atoms with E-state index in [9.17, 15) is 0 Å². The molecule has 5 heteroatoms. The van der Waals surface area contributed by atoms with Crippen LogP contribution in [-0.4, -0.2) is 24.3 Å². The van der Waals surface area contributed by atoms with E-state index >= 15 is 0 Å². The van der Waals surface area contributed by atoms with Crippen molar-refractivity contribution in [1.82, 2.24) is 0 Å². The van der Waals surface area contributed by atoms with Gasteiger partial charge in [0.25, 0.3) is 0 Å². The molecule has 0 bridgehead atoms. The van der Waals surface area contributed by atoms with Crippen molar-refractivity contribution >= 4 is 18.7 Å². The lowest BCUT2D eigenvalue weighted by Gasteiger charge is -2.32. The molecule has 0 saturated carbocycles. The lowest BCUT2D eigenvalue weighted by Crippen LogP contribution is -2.41. The predicted octanol–water partition coefficient (Wildman–Crippen LogP) is 3.62. The predicted molar refractivity (Wildman–Crippen MR) is 88.4 cm³/mol. The zero-order valence-electron chi connectivity index (χ0n) is 13.4. The van der Waals surface area contributed by atoms with E-state index in [1.807, 2.05) is 45.9 Å². The van der Waals surface area contributed by atoms with Crippen molar-refractivity contribution in [3.63, 3.8) is 0 Å². The molecule has 0 aromatic heterocycles. The van der Waals surface area contributed by atoms with E-state index in [-0.39, 0.29) is 24.3 Å². The van der Waals surface area contributed by atoms with Crippen LogP contribution >= 0.6 is 11.6 Å². The SMILES string of the molecule is CC1(C)OB([C@@H](N)CCCc2cccc(Cl)c2)OC1(C)C. The Morgan fingerprint density at radius 1 is 1.19 bits per heavy atom. The van der Waals surface area contributed by atoms with Crippen molar-refractivity contribution in [2.45, 2.75) is 64.1 Å². The minimum atomic E-state index is -0.325. The zero-order valence-corrected chi connectivity index (χ0v) is 14.1. The summed E-state index contributed by atoms with van der Waals surface area (Å²) >= 11 is 5.99. The Hall–Kier alpha value is -0.545. The van der Waals surface area contributed by atoms with Crippen molar-refractivity contribution in [3.05, 3.63) is 34.9 Å². The average Bonchev–Trinajstić information content (AvgIpc) is 2.58. The van der Waals surface area contributed by atoms with E-state index in [0.29, 0.717) is 0 Å². The second-order valence-corrected chi connectivity index (χ2v) is 7.25. The highest BCUT2D eigenvalue weighted by Crippen LogP contribution is 2.37. The van der Waals surface area contributed by atoms with Gasteiger partial charge in [-0.2, -0.15) is 0 Å². The first-order valence-corrected chi connectivity index (χ1v) is 7.95. The van der Waals surface area contributed by atoms with Crippen molar-refractivity contribution in [3.8, 4) is 0 Å². The third kappa shape index (κ3) is 4.01. The summed E-state index contributed by atoms with van der Waals surface area (Å²) in [5, 5.41) is 0.780. The molecular weight excluding hydrogens is 284 g/mol. The van der Waals surface area contributed by atoms with Gasteiger partial charge in [0, 0.05) is 11.0 Å². The molecule has 21 heavy (non-hydrogen) atoms. The number of aryl methyl sites for hydroxylation is 1. The molecule has 1 atom stereocenters. The molecule has 1 aliphatic rings. The van der Waals surface area contributed by atoms with Crippen LogP contribution in [0.1, 0.15) is 46.1 Å². The van der Waals surface area contributed by atoms with Crippen LogP contribution in [0, 0.1) is 0 Å². The molecule has 0 unspecified atom stereocenters.